The van der Waals surface area contributed by atoms with Gasteiger partial charge in [-0.05, 0) is 51.1 Å². The van der Waals surface area contributed by atoms with Gasteiger partial charge in [0.1, 0.15) is 0 Å². The lowest BCUT2D eigenvalue weighted by atomic mass is 10.2. The molecule has 148 valence electrons. The first kappa shape index (κ1) is 21.0. The number of para-hydroxylation sites is 1. The number of hydrogen-bond donors (Lipinski definition) is 1. The molecule has 0 saturated carbocycles. The van der Waals surface area contributed by atoms with Gasteiger partial charge in [-0.2, -0.15) is 0 Å². The van der Waals surface area contributed by atoms with Gasteiger partial charge in [0, 0.05) is 17.4 Å². The minimum atomic E-state index is -0.655. The van der Waals surface area contributed by atoms with Crippen LogP contribution in [0.3, 0.4) is 0 Å². The molecule has 7 heteroatoms. The van der Waals surface area contributed by atoms with Crippen molar-refractivity contribution in [1.29, 1.82) is 0 Å². The van der Waals surface area contributed by atoms with E-state index in [9.17, 15) is 14.4 Å². The van der Waals surface area contributed by atoms with E-state index in [1.807, 2.05) is 44.2 Å². The molecule has 7 nitrogen and oxygen atoms in total. The number of hydrogen-bond acceptors (Lipinski definition) is 5. The summed E-state index contributed by atoms with van der Waals surface area (Å²) >= 11 is 0. The number of amides is 2. The second kappa shape index (κ2) is 10.1. The molecule has 2 rings (SSSR count). The molecular formula is C21H24N2O5. The Hall–Kier alpha value is -3.35. The lowest BCUT2D eigenvalue weighted by Crippen LogP contribution is -2.39. The van der Waals surface area contributed by atoms with Crippen LogP contribution < -0.4 is 10.2 Å². The van der Waals surface area contributed by atoms with Crippen LogP contribution in [-0.2, 0) is 14.3 Å². The van der Waals surface area contributed by atoms with Crippen LogP contribution in [-0.4, -0.2) is 37.2 Å². The van der Waals surface area contributed by atoms with Gasteiger partial charge in [0.05, 0.1) is 12.2 Å². The van der Waals surface area contributed by atoms with Crippen molar-refractivity contribution in [3.8, 4) is 0 Å². The topological polar surface area (TPSA) is 84.9 Å². The highest BCUT2D eigenvalue weighted by molar-refractivity contribution is 5.98. The van der Waals surface area contributed by atoms with Gasteiger partial charge in [-0.15, -0.1) is 0 Å². The molecule has 0 unspecified atom stereocenters. The second-order valence-corrected chi connectivity index (χ2v) is 6.20. The SMILES string of the molecule is CCOC(=O)Nc1cccc(C(=O)OCC(=O)N(c2ccccc2)C(C)C)c1. The minimum Gasteiger partial charge on any atom is -0.452 e. The van der Waals surface area contributed by atoms with Gasteiger partial charge in [-0.1, -0.05) is 24.3 Å². The van der Waals surface area contributed by atoms with Gasteiger partial charge >= 0.3 is 12.1 Å². The molecule has 0 bridgehead atoms. The lowest BCUT2D eigenvalue weighted by molar-refractivity contribution is -0.122. The molecule has 1 N–H and O–H groups in total. The fourth-order valence-corrected chi connectivity index (χ4v) is 2.61. The van der Waals surface area contributed by atoms with E-state index in [0.717, 1.165) is 5.69 Å². The molecule has 0 atom stereocenters. The molecule has 0 radical (unpaired) electrons. The number of nitrogens with one attached hydrogen (secondary N) is 1. The molecule has 28 heavy (non-hydrogen) atoms. The van der Waals surface area contributed by atoms with Gasteiger partial charge in [0.2, 0.25) is 0 Å². The molecule has 0 spiro atoms. The van der Waals surface area contributed by atoms with Crippen LogP contribution in [0.1, 0.15) is 31.1 Å². The molecule has 0 fully saturated rings. The molecule has 2 aromatic carbocycles. The zero-order valence-corrected chi connectivity index (χ0v) is 16.2. The summed E-state index contributed by atoms with van der Waals surface area (Å²) in [6, 6.07) is 15.3. The maximum absolute atomic E-state index is 12.6. The summed E-state index contributed by atoms with van der Waals surface area (Å²) in [5, 5.41) is 2.51. The Labute approximate surface area is 164 Å². The van der Waals surface area contributed by atoms with Crippen LogP contribution in [0.4, 0.5) is 16.2 Å². The van der Waals surface area contributed by atoms with Crippen LogP contribution >= 0.6 is 0 Å². The maximum atomic E-state index is 12.6. The van der Waals surface area contributed by atoms with Crippen LogP contribution in [0.15, 0.2) is 54.6 Å². The normalized spacial score (nSPS) is 10.3. The standard InChI is InChI=1S/C21H24N2O5/c1-4-27-21(26)22-17-10-8-9-16(13-17)20(25)28-14-19(24)23(15(2)3)18-11-6-5-7-12-18/h5-13,15H,4,14H2,1-3H3,(H,22,26). The number of rotatable bonds is 7. The third-order valence-corrected chi connectivity index (χ3v) is 3.77. The van der Waals surface area contributed by atoms with E-state index in [1.54, 1.807) is 30.0 Å². The Balaban J connectivity index is 2.01. The molecule has 0 aliphatic heterocycles. The molecule has 0 aromatic heterocycles. The predicted octanol–water partition coefficient (Wildman–Crippen LogP) is 3.85. The van der Waals surface area contributed by atoms with Crippen LogP contribution in [0.2, 0.25) is 0 Å². The summed E-state index contributed by atoms with van der Waals surface area (Å²) in [5.74, 6) is -0.979. The Morgan fingerprint density at radius 3 is 2.36 bits per heavy atom. The van der Waals surface area contributed by atoms with E-state index < -0.39 is 12.1 Å². The minimum absolute atomic E-state index is 0.0919. The number of carbonyl (C=O) groups excluding carboxylic acids is 3. The Kier molecular flexibility index (Phi) is 7.56. The number of anilines is 2. The van der Waals surface area contributed by atoms with E-state index in [-0.39, 0.29) is 30.7 Å². The highest BCUT2D eigenvalue weighted by Gasteiger charge is 2.21. The highest BCUT2D eigenvalue weighted by atomic mass is 16.5. The van der Waals surface area contributed by atoms with Crippen molar-refractivity contribution < 1.29 is 23.9 Å². The van der Waals surface area contributed by atoms with Crippen LogP contribution in [0, 0.1) is 0 Å². The van der Waals surface area contributed by atoms with E-state index in [0.29, 0.717) is 5.69 Å². The number of benzene rings is 2. The van der Waals surface area contributed by atoms with Crippen LogP contribution in [0.25, 0.3) is 0 Å². The fourth-order valence-electron chi connectivity index (χ4n) is 2.61. The highest BCUT2D eigenvalue weighted by Crippen LogP contribution is 2.17. The van der Waals surface area contributed by atoms with Crippen molar-refractivity contribution in [3.05, 3.63) is 60.2 Å². The van der Waals surface area contributed by atoms with Crippen molar-refractivity contribution in [2.75, 3.05) is 23.4 Å². The summed E-state index contributed by atoms with van der Waals surface area (Å²) in [6.45, 7) is 5.32. The first-order chi connectivity index (χ1) is 13.4. The van der Waals surface area contributed by atoms with Crippen molar-refractivity contribution in [3.63, 3.8) is 0 Å². The van der Waals surface area contributed by atoms with Gasteiger partial charge < -0.3 is 14.4 Å². The number of nitrogens with zero attached hydrogens (tertiary/aromatic N) is 1. The summed E-state index contributed by atoms with van der Waals surface area (Å²) in [7, 11) is 0. The Bertz CT molecular complexity index is 821. The van der Waals surface area contributed by atoms with E-state index in [2.05, 4.69) is 5.32 Å². The van der Waals surface area contributed by atoms with Crippen molar-refractivity contribution in [2.45, 2.75) is 26.8 Å². The van der Waals surface area contributed by atoms with Crippen LogP contribution in [0.5, 0.6) is 0 Å². The number of esters is 1. The molecule has 0 aliphatic rings. The zero-order chi connectivity index (χ0) is 20.5. The zero-order valence-electron chi connectivity index (χ0n) is 16.2. The number of ether oxygens (including phenoxy) is 2. The number of carbonyl (C=O) groups is 3. The molecule has 0 heterocycles. The van der Waals surface area contributed by atoms with Gasteiger partial charge in [0.15, 0.2) is 6.61 Å². The van der Waals surface area contributed by atoms with Gasteiger partial charge in [-0.25, -0.2) is 9.59 Å². The van der Waals surface area contributed by atoms with E-state index >= 15 is 0 Å². The largest absolute Gasteiger partial charge is 0.452 e. The van der Waals surface area contributed by atoms with Gasteiger partial charge in [-0.3, -0.25) is 10.1 Å². The monoisotopic (exact) mass is 384 g/mol. The first-order valence-corrected chi connectivity index (χ1v) is 9.00. The van der Waals surface area contributed by atoms with E-state index in [1.165, 1.54) is 6.07 Å². The summed E-state index contributed by atoms with van der Waals surface area (Å²) in [5.41, 5.74) is 1.35. The molecule has 2 aromatic rings. The average molecular weight is 384 g/mol. The molecule has 0 aliphatic carbocycles. The molecule has 0 saturated heterocycles. The van der Waals surface area contributed by atoms with Gasteiger partial charge in [0.25, 0.3) is 5.91 Å². The van der Waals surface area contributed by atoms with Crippen molar-refractivity contribution in [1.82, 2.24) is 0 Å². The summed E-state index contributed by atoms with van der Waals surface area (Å²) in [4.78, 5) is 37.9. The maximum Gasteiger partial charge on any atom is 0.411 e. The Morgan fingerprint density at radius 1 is 1.00 bits per heavy atom. The molecule has 2 amide bonds. The van der Waals surface area contributed by atoms with Crippen molar-refractivity contribution >= 4 is 29.3 Å². The average Bonchev–Trinajstić information content (AvgIpc) is 2.67. The molecular weight excluding hydrogens is 360 g/mol. The summed E-state index contributed by atoms with van der Waals surface area (Å²) < 4.78 is 9.98. The van der Waals surface area contributed by atoms with Crippen molar-refractivity contribution in [2.24, 2.45) is 0 Å². The smallest absolute Gasteiger partial charge is 0.411 e. The second-order valence-electron chi connectivity index (χ2n) is 6.20. The lowest BCUT2D eigenvalue weighted by Gasteiger charge is -2.26. The Morgan fingerprint density at radius 2 is 1.71 bits per heavy atom. The van der Waals surface area contributed by atoms with E-state index in [4.69, 9.17) is 9.47 Å². The first-order valence-electron chi connectivity index (χ1n) is 9.00. The third kappa shape index (κ3) is 5.84. The quantitative estimate of drug-likeness (QED) is 0.733. The predicted molar refractivity (Wildman–Crippen MR) is 106 cm³/mol. The summed E-state index contributed by atoms with van der Waals surface area (Å²) in [6.07, 6.45) is -0.612. The third-order valence-electron chi connectivity index (χ3n) is 3.77. The fraction of sp³-hybridized carbons (Fsp3) is 0.286.